The number of nitrogens with zero attached hydrogens (tertiary/aromatic N) is 3. The highest BCUT2D eigenvalue weighted by Gasteiger charge is 2.26. The number of unbranched alkanes of at least 4 members (excludes halogenated alkanes) is 1. The van der Waals surface area contributed by atoms with E-state index in [-0.39, 0.29) is 6.23 Å². The van der Waals surface area contributed by atoms with E-state index in [1.165, 1.54) is 0 Å². The molecule has 0 fully saturated rings. The maximum absolute atomic E-state index is 6.29. The summed E-state index contributed by atoms with van der Waals surface area (Å²) in [6.45, 7) is 2.17. The zero-order valence-electron chi connectivity index (χ0n) is 14.9. The largest absolute Gasteiger partial charge is 0.448 e. The van der Waals surface area contributed by atoms with E-state index in [0.717, 1.165) is 39.9 Å². The molecule has 1 aliphatic rings. The predicted octanol–water partition coefficient (Wildman–Crippen LogP) is 5.70. The van der Waals surface area contributed by atoms with Gasteiger partial charge >= 0.3 is 0 Å². The van der Waals surface area contributed by atoms with Crippen molar-refractivity contribution in [1.29, 1.82) is 0 Å². The fraction of sp³-hybridized carbons (Fsp3) is 0.250. The van der Waals surface area contributed by atoms with E-state index < -0.39 is 0 Å². The molecule has 0 amide bonds. The molecule has 2 heterocycles. The molecule has 1 N–H and O–H groups in total. The minimum atomic E-state index is -0.381. The van der Waals surface area contributed by atoms with E-state index in [2.05, 4.69) is 43.4 Å². The molecule has 1 aromatic heterocycles. The third-order valence-corrected chi connectivity index (χ3v) is 5.90. The van der Waals surface area contributed by atoms with Crippen LogP contribution < -0.4 is 10.1 Å². The molecule has 0 saturated carbocycles. The van der Waals surface area contributed by atoms with Gasteiger partial charge < -0.3 is 10.1 Å². The zero-order valence-corrected chi connectivity index (χ0v) is 17.3. The summed E-state index contributed by atoms with van der Waals surface area (Å²) in [5, 5.41) is 12.9. The fourth-order valence-electron chi connectivity index (χ4n) is 2.84. The van der Waals surface area contributed by atoms with Crippen LogP contribution in [0.15, 0.2) is 58.2 Å². The average molecular weight is 443 g/mol. The highest BCUT2D eigenvalue weighted by atomic mass is 79.9. The summed E-state index contributed by atoms with van der Waals surface area (Å²) < 4.78 is 7.26. The van der Waals surface area contributed by atoms with Crippen LogP contribution in [0.1, 0.15) is 31.6 Å². The Morgan fingerprint density at radius 2 is 1.93 bits per heavy atom. The summed E-state index contributed by atoms with van der Waals surface area (Å²) in [6.07, 6.45) is 1.88. The number of hydrogen-bond acceptors (Lipinski definition) is 6. The molecule has 1 aliphatic heterocycles. The molecule has 138 valence electrons. The number of nitrogens with one attached hydrogen (secondary N) is 1. The van der Waals surface area contributed by atoms with Gasteiger partial charge in [-0.25, -0.2) is 0 Å². The van der Waals surface area contributed by atoms with Gasteiger partial charge in [-0.1, -0.05) is 77.4 Å². The van der Waals surface area contributed by atoms with Gasteiger partial charge in [0.2, 0.25) is 11.0 Å². The predicted molar refractivity (Wildman–Crippen MR) is 112 cm³/mol. The van der Waals surface area contributed by atoms with Crippen LogP contribution in [0, 0.1) is 0 Å². The van der Waals surface area contributed by atoms with Gasteiger partial charge in [0, 0.05) is 27.0 Å². The number of ether oxygens (including phenoxy) is 1. The van der Waals surface area contributed by atoms with Crippen molar-refractivity contribution in [1.82, 2.24) is 15.2 Å². The lowest BCUT2D eigenvalue weighted by atomic mass is 10.1. The van der Waals surface area contributed by atoms with E-state index in [1.807, 2.05) is 48.5 Å². The van der Waals surface area contributed by atoms with Crippen LogP contribution in [0.2, 0.25) is 0 Å². The Hall–Kier alpha value is -2.12. The number of fused-ring (bicyclic) bond motifs is 3. The second-order valence-corrected chi connectivity index (χ2v) is 8.08. The van der Waals surface area contributed by atoms with Gasteiger partial charge in [-0.05, 0) is 18.6 Å². The minimum Gasteiger partial charge on any atom is -0.448 e. The molecule has 4 rings (SSSR count). The first-order valence-electron chi connectivity index (χ1n) is 8.91. The number of halogens is 1. The van der Waals surface area contributed by atoms with Gasteiger partial charge in [0.1, 0.15) is 0 Å². The number of aromatic nitrogens is 3. The van der Waals surface area contributed by atoms with Gasteiger partial charge in [-0.15, -0.1) is 10.2 Å². The molecule has 5 nitrogen and oxygen atoms in total. The molecule has 1 unspecified atom stereocenters. The van der Waals surface area contributed by atoms with Crippen LogP contribution in [0.3, 0.4) is 0 Å². The third kappa shape index (κ3) is 3.94. The Kier molecular flexibility index (Phi) is 5.59. The van der Waals surface area contributed by atoms with Crippen LogP contribution in [0.4, 0.5) is 5.69 Å². The maximum atomic E-state index is 6.29. The Labute approximate surface area is 171 Å². The molecule has 1 atom stereocenters. The molecule has 7 heteroatoms. The number of para-hydroxylation sites is 1. The Morgan fingerprint density at radius 3 is 2.78 bits per heavy atom. The number of rotatable bonds is 5. The quantitative estimate of drug-likeness (QED) is 0.404. The minimum absolute atomic E-state index is 0.381. The summed E-state index contributed by atoms with van der Waals surface area (Å²) >= 11 is 5.23. The lowest BCUT2D eigenvalue weighted by Crippen LogP contribution is -2.17. The Morgan fingerprint density at radius 1 is 1.11 bits per heavy atom. The topological polar surface area (TPSA) is 59.9 Å². The summed E-state index contributed by atoms with van der Waals surface area (Å²) in [5.41, 5.74) is 3.54. The third-order valence-electron chi connectivity index (χ3n) is 4.25. The van der Waals surface area contributed by atoms with Crippen molar-refractivity contribution in [3.05, 3.63) is 58.6 Å². The molecule has 0 spiro atoms. The molecule has 0 saturated heterocycles. The lowest BCUT2D eigenvalue weighted by molar-refractivity contribution is 0.224. The summed E-state index contributed by atoms with van der Waals surface area (Å²) in [4.78, 5) is 4.66. The molecule has 0 bridgehead atoms. The summed E-state index contributed by atoms with van der Waals surface area (Å²) in [5.74, 6) is 1.47. The van der Waals surface area contributed by atoms with Crippen molar-refractivity contribution < 1.29 is 4.74 Å². The molecule has 27 heavy (non-hydrogen) atoms. The normalized spacial score (nSPS) is 15.1. The van der Waals surface area contributed by atoms with Crippen LogP contribution in [0.25, 0.3) is 11.3 Å². The lowest BCUT2D eigenvalue weighted by Gasteiger charge is -2.20. The molecular weight excluding hydrogens is 424 g/mol. The van der Waals surface area contributed by atoms with Crippen LogP contribution in [-0.2, 0) is 0 Å². The van der Waals surface area contributed by atoms with Crippen LogP contribution >= 0.6 is 27.7 Å². The van der Waals surface area contributed by atoms with E-state index in [4.69, 9.17) is 4.74 Å². The molecule has 0 aliphatic carbocycles. The van der Waals surface area contributed by atoms with E-state index >= 15 is 0 Å². The SMILES string of the molecule is CCCCSc1nnc2c(n1)OC(c1ccccc1Br)Nc1ccccc1-2. The van der Waals surface area contributed by atoms with E-state index in [1.54, 1.807) is 11.8 Å². The van der Waals surface area contributed by atoms with Gasteiger partial charge in [0.25, 0.3) is 0 Å². The standard InChI is InChI=1S/C20H19BrN4OS/c1-2-3-12-27-20-23-19-17(24-25-20)14-9-5-7-11-16(14)22-18(26-19)13-8-4-6-10-15(13)21/h4-11,18,22H,2-3,12H2,1H3. The van der Waals surface area contributed by atoms with Crippen molar-refractivity contribution in [3.8, 4) is 17.1 Å². The number of hydrogen-bond donors (Lipinski definition) is 1. The van der Waals surface area contributed by atoms with E-state index in [9.17, 15) is 0 Å². The first-order chi connectivity index (χ1) is 13.3. The van der Waals surface area contributed by atoms with Crippen molar-refractivity contribution in [2.75, 3.05) is 11.1 Å². The van der Waals surface area contributed by atoms with Gasteiger partial charge in [-0.2, -0.15) is 4.98 Å². The number of anilines is 1. The molecular formula is C20H19BrN4OS. The number of thioether (sulfide) groups is 1. The van der Waals surface area contributed by atoms with Crippen molar-refractivity contribution in [3.63, 3.8) is 0 Å². The zero-order chi connectivity index (χ0) is 18.6. The van der Waals surface area contributed by atoms with Gasteiger partial charge in [0.15, 0.2) is 11.9 Å². The summed E-state index contributed by atoms with van der Waals surface area (Å²) in [7, 11) is 0. The van der Waals surface area contributed by atoms with Crippen molar-refractivity contribution >= 4 is 33.4 Å². The first kappa shape index (κ1) is 18.3. The van der Waals surface area contributed by atoms with Gasteiger partial charge in [0.05, 0.1) is 0 Å². The van der Waals surface area contributed by atoms with Crippen molar-refractivity contribution in [2.24, 2.45) is 0 Å². The monoisotopic (exact) mass is 442 g/mol. The Bertz CT molecular complexity index is 953. The van der Waals surface area contributed by atoms with Crippen molar-refractivity contribution in [2.45, 2.75) is 31.1 Å². The second-order valence-electron chi connectivity index (χ2n) is 6.16. The molecule has 3 aromatic rings. The van der Waals surface area contributed by atoms with E-state index in [0.29, 0.717) is 16.7 Å². The average Bonchev–Trinajstić information content (AvgIpc) is 2.85. The summed E-state index contributed by atoms with van der Waals surface area (Å²) in [6, 6.07) is 16.0. The smallest absolute Gasteiger partial charge is 0.247 e. The highest BCUT2D eigenvalue weighted by Crippen LogP contribution is 2.40. The molecule has 0 radical (unpaired) electrons. The fourth-order valence-corrected chi connectivity index (χ4v) is 4.20. The number of benzene rings is 2. The molecule has 2 aromatic carbocycles. The van der Waals surface area contributed by atoms with Crippen LogP contribution in [0.5, 0.6) is 5.88 Å². The van der Waals surface area contributed by atoms with Gasteiger partial charge in [-0.3, -0.25) is 0 Å². The van der Waals surface area contributed by atoms with Crippen LogP contribution in [-0.4, -0.2) is 20.9 Å². The first-order valence-corrected chi connectivity index (χ1v) is 10.7. The maximum Gasteiger partial charge on any atom is 0.247 e. The second kappa shape index (κ2) is 8.27. The Balaban J connectivity index is 1.76. The highest BCUT2D eigenvalue weighted by molar-refractivity contribution is 9.10.